The molecule has 1 aliphatic heterocycles. The first-order valence-corrected chi connectivity index (χ1v) is 7.25. The molecule has 2 unspecified atom stereocenters. The van der Waals surface area contributed by atoms with Crippen molar-refractivity contribution < 1.29 is 4.52 Å². The Morgan fingerprint density at radius 3 is 2.72 bits per heavy atom. The Bertz CT molecular complexity index is 431. The molecule has 18 heavy (non-hydrogen) atoms. The van der Waals surface area contributed by atoms with Crippen LogP contribution in [0.4, 0.5) is 0 Å². The van der Waals surface area contributed by atoms with Gasteiger partial charge in [-0.2, -0.15) is 5.16 Å². The van der Waals surface area contributed by atoms with Crippen molar-refractivity contribution in [3.05, 3.63) is 22.2 Å². The highest BCUT2D eigenvalue weighted by molar-refractivity contribution is 5.05. The summed E-state index contributed by atoms with van der Waals surface area (Å²) in [5, 5.41) is 6.07. The van der Waals surface area contributed by atoms with E-state index in [0.717, 1.165) is 31.1 Å². The van der Waals surface area contributed by atoms with Crippen LogP contribution in [0.15, 0.2) is 15.4 Å². The third-order valence-corrected chi connectivity index (χ3v) is 4.60. The second-order valence-electron chi connectivity index (χ2n) is 5.80. The van der Waals surface area contributed by atoms with Crippen LogP contribution in [0.2, 0.25) is 0 Å². The van der Waals surface area contributed by atoms with Crippen LogP contribution in [0.3, 0.4) is 0 Å². The van der Waals surface area contributed by atoms with E-state index < -0.39 is 0 Å². The van der Waals surface area contributed by atoms with Gasteiger partial charge in [-0.25, -0.2) is 0 Å². The van der Waals surface area contributed by atoms with Gasteiger partial charge in [-0.15, -0.1) is 0 Å². The molecule has 1 saturated carbocycles. The van der Waals surface area contributed by atoms with E-state index in [-0.39, 0.29) is 5.56 Å². The van der Waals surface area contributed by atoms with Gasteiger partial charge in [-0.1, -0.05) is 19.3 Å². The minimum absolute atomic E-state index is 0.113. The fourth-order valence-corrected chi connectivity index (χ4v) is 3.60. The highest BCUT2D eigenvalue weighted by Crippen LogP contribution is 2.34. The first-order chi connectivity index (χ1) is 8.83. The van der Waals surface area contributed by atoms with Crippen LogP contribution in [-0.4, -0.2) is 17.7 Å². The average Bonchev–Trinajstić information content (AvgIpc) is 2.87. The number of hydrogen-bond acceptors (Lipinski definition) is 3. The summed E-state index contributed by atoms with van der Waals surface area (Å²) >= 11 is 0. The SMILES string of the molecule is O=c1cc(C2CCNC(C3CCCCC3)C2)o[nH]1. The molecule has 1 aromatic rings. The van der Waals surface area contributed by atoms with E-state index in [9.17, 15) is 4.79 Å². The molecule has 1 saturated heterocycles. The normalized spacial score (nSPS) is 30.4. The van der Waals surface area contributed by atoms with Gasteiger partial charge in [-0.05, 0) is 38.1 Å². The molecule has 0 radical (unpaired) electrons. The van der Waals surface area contributed by atoms with Crippen molar-refractivity contribution in [3.8, 4) is 0 Å². The quantitative estimate of drug-likeness (QED) is 0.847. The molecule has 3 rings (SSSR count). The van der Waals surface area contributed by atoms with Crippen LogP contribution in [0.5, 0.6) is 0 Å². The maximum absolute atomic E-state index is 11.2. The Morgan fingerprint density at radius 2 is 2.00 bits per heavy atom. The van der Waals surface area contributed by atoms with Crippen molar-refractivity contribution in [2.45, 2.75) is 56.9 Å². The van der Waals surface area contributed by atoms with E-state index in [2.05, 4.69) is 10.5 Å². The molecule has 100 valence electrons. The highest BCUT2D eigenvalue weighted by Gasteiger charge is 2.31. The molecule has 2 aliphatic rings. The van der Waals surface area contributed by atoms with Crippen LogP contribution >= 0.6 is 0 Å². The summed E-state index contributed by atoms with van der Waals surface area (Å²) < 4.78 is 5.27. The van der Waals surface area contributed by atoms with Gasteiger partial charge in [0.1, 0.15) is 5.76 Å². The van der Waals surface area contributed by atoms with Gasteiger partial charge >= 0.3 is 0 Å². The average molecular weight is 250 g/mol. The fourth-order valence-electron chi connectivity index (χ4n) is 3.60. The van der Waals surface area contributed by atoms with E-state index in [0.29, 0.717) is 12.0 Å². The Hall–Kier alpha value is -1.03. The number of rotatable bonds is 2. The zero-order valence-corrected chi connectivity index (χ0v) is 10.8. The number of hydrogen-bond donors (Lipinski definition) is 2. The van der Waals surface area contributed by atoms with Crippen LogP contribution in [0.1, 0.15) is 56.6 Å². The minimum atomic E-state index is -0.113. The van der Waals surface area contributed by atoms with Crippen LogP contribution in [-0.2, 0) is 0 Å². The fraction of sp³-hybridized carbons (Fsp3) is 0.786. The monoisotopic (exact) mass is 250 g/mol. The van der Waals surface area contributed by atoms with E-state index in [1.807, 2.05) is 0 Å². The Balaban J connectivity index is 1.66. The molecular formula is C14H22N2O2. The predicted octanol–water partition coefficient (Wildman–Crippen LogP) is 2.38. The third-order valence-electron chi connectivity index (χ3n) is 4.60. The molecule has 4 heteroatoms. The number of H-pyrrole nitrogens is 1. The summed E-state index contributed by atoms with van der Waals surface area (Å²) in [6, 6.07) is 2.23. The maximum atomic E-state index is 11.2. The number of nitrogens with one attached hydrogen (secondary N) is 2. The molecule has 2 atom stereocenters. The van der Waals surface area contributed by atoms with Crippen LogP contribution < -0.4 is 10.9 Å². The van der Waals surface area contributed by atoms with Gasteiger partial charge in [0.05, 0.1) is 0 Å². The van der Waals surface area contributed by atoms with E-state index in [4.69, 9.17) is 4.52 Å². The summed E-state index contributed by atoms with van der Waals surface area (Å²) in [6.45, 7) is 1.04. The maximum Gasteiger partial charge on any atom is 0.280 e. The molecule has 4 nitrogen and oxygen atoms in total. The Labute approximate surface area is 107 Å². The lowest BCUT2D eigenvalue weighted by Crippen LogP contribution is -2.43. The van der Waals surface area contributed by atoms with Gasteiger partial charge in [0.15, 0.2) is 0 Å². The van der Waals surface area contributed by atoms with Gasteiger partial charge < -0.3 is 9.84 Å². The Morgan fingerprint density at radius 1 is 1.17 bits per heavy atom. The minimum Gasteiger partial charge on any atom is -0.383 e. The third kappa shape index (κ3) is 2.53. The van der Waals surface area contributed by atoms with Crippen molar-refractivity contribution >= 4 is 0 Å². The number of piperidine rings is 1. The summed E-state index contributed by atoms with van der Waals surface area (Å²) in [7, 11) is 0. The van der Waals surface area contributed by atoms with E-state index in [1.54, 1.807) is 6.07 Å². The predicted molar refractivity (Wildman–Crippen MR) is 69.7 cm³/mol. The zero-order chi connectivity index (χ0) is 12.4. The smallest absolute Gasteiger partial charge is 0.280 e. The second-order valence-corrected chi connectivity index (χ2v) is 5.80. The Kier molecular flexibility index (Phi) is 3.55. The molecule has 2 fully saturated rings. The molecule has 0 amide bonds. The lowest BCUT2D eigenvalue weighted by atomic mass is 9.77. The van der Waals surface area contributed by atoms with Crippen molar-refractivity contribution in [3.63, 3.8) is 0 Å². The first-order valence-electron chi connectivity index (χ1n) is 7.25. The summed E-state index contributed by atoms with van der Waals surface area (Å²) in [5.74, 6) is 2.09. The molecule has 2 N–H and O–H groups in total. The second kappa shape index (κ2) is 5.31. The number of aromatic nitrogens is 1. The molecule has 0 bridgehead atoms. The molecule has 0 spiro atoms. The van der Waals surface area contributed by atoms with Gasteiger partial charge in [-0.3, -0.25) is 4.79 Å². The summed E-state index contributed by atoms with van der Waals surface area (Å²) in [4.78, 5) is 11.2. The van der Waals surface area contributed by atoms with Gasteiger partial charge in [0.25, 0.3) is 5.56 Å². The molecule has 1 aromatic heterocycles. The first kappa shape index (κ1) is 12.0. The zero-order valence-electron chi connectivity index (χ0n) is 10.8. The molecule has 1 aliphatic carbocycles. The number of aromatic amines is 1. The standard InChI is InChI=1S/C14H22N2O2/c17-14-9-13(18-16-14)11-6-7-15-12(8-11)10-4-2-1-3-5-10/h9-12,15H,1-8H2,(H,16,17). The largest absolute Gasteiger partial charge is 0.383 e. The molecule has 0 aromatic carbocycles. The lowest BCUT2D eigenvalue weighted by molar-refractivity contribution is 0.207. The van der Waals surface area contributed by atoms with Crippen LogP contribution in [0, 0.1) is 5.92 Å². The summed E-state index contributed by atoms with van der Waals surface area (Å²) in [6.07, 6.45) is 9.08. The van der Waals surface area contributed by atoms with Gasteiger partial charge in [0.2, 0.25) is 0 Å². The van der Waals surface area contributed by atoms with Crippen molar-refractivity contribution in [2.24, 2.45) is 5.92 Å². The van der Waals surface area contributed by atoms with Crippen molar-refractivity contribution in [2.75, 3.05) is 6.54 Å². The van der Waals surface area contributed by atoms with Crippen LogP contribution in [0.25, 0.3) is 0 Å². The highest BCUT2D eigenvalue weighted by atomic mass is 16.5. The van der Waals surface area contributed by atoms with Crippen molar-refractivity contribution in [1.29, 1.82) is 0 Å². The van der Waals surface area contributed by atoms with Gasteiger partial charge in [0, 0.05) is 18.0 Å². The lowest BCUT2D eigenvalue weighted by Gasteiger charge is -2.36. The molecule has 2 heterocycles. The van der Waals surface area contributed by atoms with Crippen molar-refractivity contribution in [1.82, 2.24) is 10.5 Å². The topological polar surface area (TPSA) is 58.0 Å². The summed E-state index contributed by atoms with van der Waals surface area (Å²) in [5.41, 5.74) is -0.113. The molecular weight excluding hydrogens is 228 g/mol. The van der Waals surface area contributed by atoms with E-state index >= 15 is 0 Å². The van der Waals surface area contributed by atoms with E-state index in [1.165, 1.54) is 32.1 Å².